The molecule has 2 fully saturated rings. The molecule has 6 rings (SSSR count). The highest BCUT2D eigenvalue weighted by molar-refractivity contribution is 8.00. The molecule has 0 radical (unpaired) electrons. The highest BCUT2D eigenvalue weighted by atomic mass is 32.2. The van der Waals surface area contributed by atoms with Gasteiger partial charge in [0, 0.05) is 23.4 Å². The number of imidazole rings is 1. The fourth-order valence-corrected chi connectivity index (χ4v) is 6.71. The van der Waals surface area contributed by atoms with Crippen LogP contribution in [0.2, 0.25) is 0 Å². The third-order valence-electron chi connectivity index (χ3n) is 7.05. The van der Waals surface area contributed by atoms with Gasteiger partial charge in [0.15, 0.2) is 11.3 Å². The van der Waals surface area contributed by atoms with Crippen LogP contribution < -0.4 is 20.7 Å². The van der Waals surface area contributed by atoms with Gasteiger partial charge in [-0.15, -0.1) is 16.3 Å². The molecule has 1 saturated heterocycles. The fourth-order valence-electron chi connectivity index (χ4n) is 4.95. The maximum atomic E-state index is 13.2. The molecule has 3 N–H and O–H groups in total. The molecular formula is C25H25N9O5S2. The molecule has 41 heavy (non-hydrogen) atoms. The lowest BCUT2D eigenvalue weighted by Crippen LogP contribution is -2.71. The van der Waals surface area contributed by atoms with Gasteiger partial charge in [-0.2, -0.15) is 9.36 Å². The third-order valence-corrected chi connectivity index (χ3v) is 8.90. The van der Waals surface area contributed by atoms with E-state index in [1.807, 2.05) is 36.1 Å². The number of oxime groups is 1. The van der Waals surface area contributed by atoms with Gasteiger partial charge in [0.1, 0.15) is 29.4 Å². The van der Waals surface area contributed by atoms with Crippen molar-refractivity contribution in [3.8, 4) is 0 Å². The number of thioether (sulfide) groups is 1. The van der Waals surface area contributed by atoms with E-state index in [1.165, 1.54) is 11.8 Å². The average molecular weight is 596 g/mol. The SMILES string of the molecule is C[n+]1ccn2nc(/C=C\C3=C(C(=O)[O-])N4C(=O)[C@@H](NC(=O)/C(=N\OC5CCCC5)c5nsc(N)n5)[C@H]4SC3)ccc21. The predicted octanol–water partition coefficient (Wildman–Crippen LogP) is -0.627. The minimum Gasteiger partial charge on any atom is -0.543 e. The Bertz CT molecular complexity index is 1640. The number of amides is 2. The number of aliphatic carboxylic acids is 1. The summed E-state index contributed by atoms with van der Waals surface area (Å²) in [5.41, 5.74) is 7.17. The quantitative estimate of drug-likeness (QED) is 0.147. The Morgan fingerprint density at radius 3 is 2.83 bits per heavy atom. The van der Waals surface area contributed by atoms with Gasteiger partial charge in [0.25, 0.3) is 11.8 Å². The zero-order valence-electron chi connectivity index (χ0n) is 21.8. The number of nitrogens with two attached hydrogens (primary N) is 1. The first-order valence-electron chi connectivity index (χ1n) is 12.9. The molecule has 0 spiro atoms. The van der Waals surface area contributed by atoms with Gasteiger partial charge in [-0.1, -0.05) is 16.3 Å². The number of hydrogen-bond donors (Lipinski definition) is 2. The van der Waals surface area contributed by atoms with E-state index in [9.17, 15) is 19.5 Å². The molecule has 3 aromatic heterocycles. The Kier molecular flexibility index (Phi) is 7.17. The standard InChI is InChI=1S/C25H25N9O5S2/c1-32-10-11-33-16(32)9-8-14(29-33)7-6-13-12-40-23-18(22(36)34(23)19(13)24(37)38)27-21(35)17(20-28-25(26)41-31-20)30-39-15-4-2-3-5-15/h6-11,15,18,23H,2-5,12H2,1H3,(H3-,26,27,28,31,35,37,38)/b7-6-,30-17-/t18-,23-/m1/s1. The number of fused-ring (bicyclic) bond motifs is 2. The van der Waals surface area contributed by atoms with Crippen LogP contribution in [0.4, 0.5) is 5.13 Å². The zero-order chi connectivity index (χ0) is 28.7. The van der Waals surface area contributed by atoms with Crippen molar-refractivity contribution >= 4 is 63.6 Å². The summed E-state index contributed by atoms with van der Waals surface area (Å²) in [5.74, 6) is -2.52. The van der Waals surface area contributed by atoms with Crippen molar-refractivity contribution in [1.82, 2.24) is 29.2 Å². The Hall–Kier alpha value is -4.31. The van der Waals surface area contributed by atoms with E-state index < -0.39 is 29.2 Å². The van der Waals surface area contributed by atoms with Crippen LogP contribution >= 0.6 is 23.3 Å². The molecule has 2 amide bonds. The maximum Gasteiger partial charge on any atom is 0.306 e. The number of carboxylic acids is 1. The summed E-state index contributed by atoms with van der Waals surface area (Å²) in [6.07, 6.45) is 10.5. The van der Waals surface area contributed by atoms with Crippen molar-refractivity contribution in [3.05, 3.63) is 53.4 Å². The average Bonchev–Trinajstić information content (AvgIpc) is 3.72. The number of hydrogen-bond acceptors (Lipinski definition) is 12. The van der Waals surface area contributed by atoms with Crippen molar-refractivity contribution in [1.29, 1.82) is 0 Å². The Balaban J connectivity index is 1.20. The molecule has 16 heteroatoms. The van der Waals surface area contributed by atoms with Crippen LogP contribution in [-0.4, -0.2) is 70.6 Å². The minimum atomic E-state index is -1.48. The molecule has 3 aliphatic rings. The first-order valence-corrected chi connectivity index (χ1v) is 14.7. The summed E-state index contributed by atoms with van der Waals surface area (Å²) in [4.78, 5) is 49.3. The van der Waals surface area contributed by atoms with Crippen LogP contribution in [0.25, 0.3) is 11.7 Å². The Morgan fingerprint density at radius 1 is 1.29 bits per heavy atom. The molecule has 2 aliphatic heterocycles. The van der Waals surface area contributed by atoms with E-state index >= 15 is 0 Å². The highest BCUT2D eigenvalue weighted by Gasteiger charge is 2.53. The number of carboxylic acid groups (broad SMARTS) is 1. The molecule has 0 unspecified atom stereocenters. The lowest BCUT2D eigenvalue weighted by atomic mass is 10.0. The first-order chi connectivity index (χ1) is 19.8. The topological polar surface area (TPSA) is 184 Å². The van der Waals surface area contributed by atoms with Crippen LogP contribution in [0.5, 0.6) is 0 Å². The van der Waals surface area contributed by atoms with Crippen LogP contribution in [0.1, 0.15) is 37.2 Å². The summed E-state index contributed by atoms with van der Waals surface area (Å²) in [6.45, 7) is 0. The van der Waals surface area contributed by atoms with E-state index in [0.29, 0.717) is 11.3 Å². The van der Waals surface area contributed by atoms with Gasteiger partial charge >= 0.3 is 5.65 Å². The normalized spacial score (nSPS) is 21.4. The monoisotopic (exact) mass is 595 g/mol. The van der Waals surface area contributed by atoms with Crippen LogP contribution in [0.15, 0.2) is 47.0 Å². The second kappa shape index (κ2) is 10.9. The number of aryl methyl sites for hydroxylation is 1. The largest absolute Gasteiger partial charge is 0.543 e. The molecule has 212 valence electrons. The van der Waals surface area contributed by atoms with Gasteiger partial charge in [-0.05, 0) is 43.4 Å². The first kappa shape index (κ1) is 26.9. The molecule has 2 atom stereocenters. The van der Waals surface area contributed by atoms with Crippen molar-refractivity contribution in [3.63, 3.8) is 0 Å². The molecule has 1 aliphatic carbocycles. The summed E-state index contributed by atoms with van der Waals surface area (Å²) in [7, 11) is 1.91. The van der Waals surface area contributed by atoms with Crippen molar-refractivity contribution in [2.75, 3.05) is 11.5 Å². The minimum absolute atomic E-state index is 0.00821. The molecule has 0 aromatic carbocycles. The molecule has 3 aromatic rings. The van der Waals surface area contributed by atoms with E-state index in [0.717, 1.165) is 47.8 Å². The molecular weight excluding hydrogens is 570 g/mol. The summed E-state index contributed by atoms with van der Waals surface area (Å²) in [5, 5.41) is 22.8. The zero-order valence-corrected chi connectivity index (χ0v) is 23.4. The Morgan fingerprint density at radius 2 is 2.10 bits per heavy atom. The highest BCUT2D eigenvalue weighted by Crippen LogP contribution is 2.40. The lowest BCUT2D eigenvalue weighted by Gasteiger charge is -2.50. The Labute approximate surface area is 241 Å². The van der Waals surface area contributed by atoms with Gasteiger partial charge in [-0.25, -0.2) is 4.57 Å². The van der Waals surface area contributed by atoms with Crippen molar-refractivity contribution in [2.45, 2.75) is 43.2 Å². The predicted molar refractivity (Wildman–Crippen MR) is 147 cm³/mol. The fraction of sp³-hybridized carbons (Fsp3) is 0.360. The maximum absolute atomic E-state index is 13.2. The van der Waals surface area contributed by atoms with Gasteiger partial charge in [0.2, 0.25) is 11.5 Å². The van der Waals surface area contributed by atoms with E-state index in [-0.39, 0.29) is 34.2 Å². The molecule has 0 bridgehead atoms. The number of carbonyl (C=O) groups is 3. The van der Waals surface area contributed by atoms with Crippen molar-refractivity contribution < 1.29 is 28.9 Å². The second-order valence-electron chi connectivity index (χ2n) is 9.73. The van der Waals surface area contributed by atoms with E-state index in [1.54, 1.807) is 16.7 Å². The number of rotatable bonds is 8. The molecule has 5 heterocycles. The lowest BCUT2D eigenvalue weighted by molar-refractivity contribution is -0.644. The second-order valence-corrected chi connectivity index (χ2v) is 11.6. The van der Waals surface area contributed by atoms with Crippen LogP contribution in [0.3, 0.4) is 0 Å². The van der Waals surface area contributed by atoms with Crippen LogP contribution in [0, 0.1) is 0 Å². The number of nitrogens with one attached hydrogen (secondary N) is 1. The number of β-lactam (4-membered cyclic amide) rings is 1. The third kappa shape index (κ3) is 5.15. The van der Waals surface area contributed by atoms with Gasteiger partial charge in [0.05, 0.1) is 18.7 Å². The van der Waals surface area contributed by atoms with Crippen molar-refractivity contribution in [2.24, 2.45) is 12.2 Å². The van der Waals surface area contributed by atoms with Gasteiger partial charge < -0.3 is 25.8 Å². The summed E-state index contributed by atoms with van der Waals surface area (Å²) < 4.78 is 7.69. The smallest absolute Gasteiger partial charge is 0.306 e. The number of aromatic nitrogens is 5. The number of nitrogen functional groups attached to an aromatic ring is 1. The number of anilines is 1. The number of carbonyl (C=O) groups excluding carboxylic acids is 3. The van der Waals surface area contributed by atoms with E-state index in [4.69, 9.17) is 10.6 Å². The number of nitrogens with zero attached hydrogens (tertiary/aromatic N) is 7. The van der Waals surface area contributed by atoms with Gasteiger partial charge in [-0.3, -0.25) is 14.5 Å². The summed E-state index contributed by atoms with van der Waals surface area (Å²) in [6, 6.07) is 2.72. The van der Waals surface area contributed by atoms with E-state index in [2.05, 4.69) is 24.9 Å². The molecule has 1 saturated carbocycles. The molecule has 14 nitrogen and oxygen atoms in total. The van der Waals surface area contributed by atoms with Crippen LogP contribution in [-0.2, 0) is 26.3 Å². The number of allylic oxidation sites excluding steroid dienone is 1. The summed E-state index contributed by atoms with van der Waals surface area (Å²) >= 11 is 2.23.